The molecule has 0 radical (unpaired) electrons. The van der Waals surface area contributed by atoms with E-state index in [4.69, 9.17) is 4.74 Å². The molecule has 1 heterocycles. The number of aryl methyl sites for hydroxylation is 1. The number of para-hydroxylation sites is 1. The molecule has 0 N–H and O–H groups in total. The van der Waals surface area contributed by atoms with E-state index < -0.39 is 0 Å². The molecule has 0 fully saturated rings. The quantitative estimate of drug-likeness (QED) is 0.280. The molecule has 0 saturated heterocycles. The minimum atomic E-state index is -0.0432. The molecule has 1 atom stereocenters. The van der Waals surface area contributed by atoms with Crippen molar-refractivity contribution in [3.05, 3.63) is 101 Å². The normalized spacial score (nSPS) is 12.3. The third-order valence-electron chi connectivity index (χ3n) is 6.26. The second-order valence-corrected chi connectivity index (χ2v) is 8.52. The van der Waals surface area contributed by atoms with Crippen LogP contribution in [-0.2, 0) is 6.42 Å². The van der Waals surface area contributed by atoms with Crippen LogP contribution >= 0.6 is 0 Å². The summed E-state index contributed by atoms with van der Waals surface area (Å²) in [5.41, 5.74) is 5.71. The number of rotatable bonds is 8. The Hall–Kier alpha value is -3.33. The standard InChI is InChI=1S/C29H31NO2/c1-5-24-25-13-9-10-14-27(25)30(20(2)3)29(24)26(21-15-17-23(32-4)18-16-21)19-28(31)22-11-7-6-8-12-22/h6-18,20,26H,5,19H2,1-4H3. The van der Waals surface area contributed by atoms with Gasteiger partial charge >= 0.3 is 0 Å². The maximum Gasteiger partial charge on any atom is 0.163 e. The van der Waals surface area contributed by atoms with Gasteiger partial charge in [0.2, 0.25) is 0 Å². The number of hydrogen-bond donors (Lipinski definition) is 0. The number of ketones is 1. The van der Waals surface area contributed by atoms with Crippen molar-refractivity contribution in [1.29, 1.82) is 0 Å². The number of benzene rings is 3. The Morgan fingerprint density at radius 3 is 2.19 bits per heavy atom. The van der Waals surface area contributed by atoms with Gasteiger partial charge in [-0.15, -0.1) is 0 Å². The number of carbonyl (C=O) groups is 1. The van der Waals surface area contributed by atoms with Gasteiger partial charge < -0.3 is 9.30 Å². The summed E-state index contributed by atoms with van der Waals surface area (Å²) in [5, 5.41) is 1.28. The van der Waals surface area contributed by atoms with Crippen molar-refractivity contribution in [1.82, 2.24) is 4.57 Å². The van der Waals surface area contributed by atoms with Crippen molar-refractivity contribution < 1.29 is 9.53 Å². The Bertz CT molecular complexity index is 1200. The topological polar surface area (TPSA) is 31.2 Å². The smallest absolute Gasteiger partial charge is 0.163 e. The van der Waals surface area contributed by atoms with Crippen LogP contribution in [0.4, 0.5) is 0 Å². The summed E-state index contributed by atoms with van der Waals surface area (Å²) in [6, 6.07) is 26.7. The lowest BCUT2D eigenvalue weighted by Gasteiger charge is -2.24. The van der Waals surface area contributed by atoms with Gasteiger partial charge in [0.15, 0.2) is 5.78 Å². The zero-order valence-corrected chi connectivity index (χ0v) is 19.3. The third-order valence-corrected chi connectivity index (χ3v) is 6.26. The summed E-state index contributed by atoms with van der Waals surface area (Å²) >= 11 is 0. The summed E-state index contributed by atoms with van der Waals surface area (Å²) in [6.07, 6.45) is 1.34. The summed E-state index contributed by atoms with van der Waals surface area (Å²) in [6.45, 7) is 6.65. The van der Waals surface area contributed by atoms with Crippen molar-refractivity contribution in [2.24, 2.45) is 0 Å². The summed E-state index contributed by atoms with van der Waals surface area (Å²) in [4.78, 5) is 13.4. The average molecular weight is 426 g/mol. The van der Waals surface area contributed by atoms with Crippen LogP contribution in [0.2, 0.25) is 0 Å². The van der Waals surface area contributed by atoms with Crippen molar-refractivity contribution in [3.63, 3.8) is 0 Å². The van der Waals surface area contributed by atoms with Crippen LogP contribution in [0.15, 0.2) is 78.9 Å². The zero-order chi connectivity index (χ0) is 22.7. The van der Waals surface area contributed by atoms with E-state index in [1.54, 1.807) is 7.11 Å². The Labute approximate surface area is 190 Å². The molecule has 0 saturated carbocycles. The van der Waals surface area contributed by atoms with Gasteiger partial charge in [-0.1, -0.05) is 67.6 Å². The average Bonchev–Trinajstić information content (AvgIpc) is 3.17. The number of methoxy groups -OCH3 is 1. The molecule has 0 aliphatic carbocycles. The number of Topliss-reactive ketones (excluding diaryl/α,β-unsaturated/α-hetero) is 1. The molecule has 4 rings (SSSR count). The van der Waals surface area contributed by atoms with Gasteiger partial charge in [-0.2, -0.15) is 0 Å². The second-order valence-electron chi connectivity index (χ2n) is 8.52. The molecule has 32 heavy (non-hydrogen) atoms. The van der Waals surface area contributed by atoms with Crippen LogP contribution in [0.3, 0.4) is 0 Å². The summed E-state index contributed by atoms with van der Waals surface area (Å²) < 4.78 is 7.82. The number of aromatic nitrogens is 1. The monoisotopic (exact) mass is 425 g/mol. The van der Waals surface area contributed by atoms with Gasteiger partial charge in [-0.3, -0.25) is 4.79 Å². The van der Waals surface area contributed by atoms with E-state index in [0.717, 1.165) is 23.3 Å². The number of carbonyl (C=O) groups excluding carboxylic acids is 1. The first kappa shape index (κ1) is 21.9. The highest BCUT2D eigenvalue weighted by molar-refractivity contribution is 5.97. The maximum atomic E-state index is 13.4. The molecule has 3 nitrogen and oxygen atoms in total. The molecule has 0 aliphatic rings. The summed E-state index contributed by atoms with van der Waals surface area (Å²) in [5.74, 6) is 0.939. The molecular formula is C29H31NO2. The van der Waals surface area contributed by atoms with Crippen LogP contribution in [0.25, 0.3) is 10.9 Å². The first-order valence-corrected chi connectivity index (χ1v) is 11.4. The molecule has 0 aliphatic heterocycles. The fraction of sp³-hybridized carbons (Fsp3) is 0.276. The molecule has 0 spiro atoms. The molecule has 0 bridgehead atoms. The van der Waals surface area contributed by atoms with Gasteiger partial charge in [-0.05, 0) is 49.6 Å². The van der Waals surface area contributed by atoms with Crippen LogP contribution in [0.1, 0.15) is 66.3 Å². The van der Waals surface area contributed by atoms with Crippen LogP contribution in [-0.4, -0.2) is 17.5 Å². The third kappa shape index (κ3) is 4.08. The van der Waals surface area contributed by atoms with Crippen LogP contribution in [0.5, 0.6) is 5.75 Å². The molecule has 164 valence electrons. The van der Waals surface area contributed by atoms with Gasteiger partial charge in [0.05, 0.1) is 7.11 Å². The van der Waals surface area contributed by atoms with E-state index in [0.29, 0.717) is 6.42 Å². The maximum absolute atomic E-state index is 13.4. The van der Waals surface area contributed by atoms with E-state index >= 15 is 0 Å². The minimum absolute atomic E-state index is 0.0432. The fourth-order valence-corrected chi connectivity index (χ4v) is 4.79. The Morgan fingerprint density at radius 2 is 1.56 bits per heavy atom. The largest absolute Gasteiger partial charge is 0.497 e. The lowest BCUT2D eigenvalue weighted by molar-refractivity contribution is 0.0976. The van der Waals surface area contributed by atoms with E-state index in [-0.39, 0.29) is 17.7 Å². The molecule has 1 unspecified atom stereocenters. The lowest BCUT2D eigenvalue weighted by Crippen LogP contribution is -2.16. The van der Waals surface area contributed by atoms with E-state index in [9.17, 15) is 4.79 Å². The van der Waals surface area contributed by atoms with Gasteiger partial charge in [-0.25, -0.2) is 0 Å². The second kappa shape index (κ2) is 9.44. The van der Waals surface area contributed by atoms with E-state index in [1.807, 2.05) is 42.5 Å². The molecular weight excluding hydrogens is 394 g/mol. The SMILES string of the molecule is CCc1c(C(CC(=O)c2ccccc2)c2ccc(OC)cc2)n(C(C)C)c2ccccc12. The first-order chi connectivity index (χ1) is 15.5. The van der Waals surface area contributed by atoms with Crippen molar-refractivity contribution >= 4 is 16.7 Å². The fourth-order valence-electron chi connectivity index (χ4n) is 4.79. The van der Waals surface area contributed by atoms with Gasteiger partial charge in [0.25, 0.3) is 0 Å². The Morgan fingerprint density at radius 1 is 0.906 bits per heavy atom. The van der Waals surface area contributed by atoms with Crippen LogP contribution in [0, 0.1) is 0 Å². The number of hydrogen-bond acceptors (Lipinski definition) is 2. The molecule has 3 heteroatoms. The number of ether oxygens (including phenoxy) is 1. The molecule has 4 aromatic rings. The van der Waals surface area contributed by atoms with E-state index in [2.05, 4.69) is 61.7 Å². The highest BCUT2D eigenvalue weighted by Crippen LogP contribution is 2.40. The first-order valence-electron chi connectivity index (χ1n) is 11.4. The molecule has 1 aromatic heterocycles. The predicted octanol–water partition coefficient (Wildman–Crippen LogP) is 7.20. The van der Waals surface area contributed by atoms with Gasteiger partial charge in [0.1, 0.15) is 5.75 Å². The molecule has 3 aromatic carbocycles. The van der Waals surface area contributed by atoms with Gasteiger partial charge in [0, 0.05) is 40.5 Å². The van der Waals surface area contributed by atoms with Crippen molar-refractivity contribution in [2.45, 2.75) is 45.6 Å². The summed E-state index contributed by atoms with van der Waals surface area (Å²) in [7, 11) is 1.68. The van der Waals surface area contributed by atoms with E-state index in [1.165, 1.54) is 22.2 Å². The van der Waals surface area contributed by atoms with Crippen LogP contribution < -0.4 is 4.74 Å². The number of nitrogens with zero attached hydrogens (tertiary/aromatic N) is 1. The number of fused-ring (bicyclic) bond motifs is 1. The minimum Gasteiger partial charge on any atom is -0.497 e. The van der Waals surface area contributed by atoms with Crippen molar-refractivity contribution in [3.8, 4) is 5.75 Å². The predicted molar refractivity (Wildman–Crippen MR) is 132 cm³/mol. The Kier molecular flexibility index (Phi) is 6.45. The highest BCUT2D eigenvalue weighted by atomic mass is 16.5. The Balaban J connectivity index is 1.92. The van der Waals surface area contributed by atoms with Crippen molar-refractivity contribution in [2.75, 3.05) is 7.11 Å². The molecule has 0 amide bonds. The zero-order valence-electron chi connectivity index (χ0n) is 19.3. The lowest BCUT2D eigenvalue weighted by atomic mass is 9.86. The highest BCUT2D eigenvalue weighted by Gasteiger charge is 2.28.